The molecule has 3 nitrogen and oxygen atoms in total. The third kappa shape index (κ3) is 5.34. The molecule has 1 aromatic carbocycles. The van der Waals surface area contributed by atoms with E-state index >= 15 is 0 Å². The number of aryl methyl sites for hydroxylation is 1. The van der Waals surface area contributed by atoms with Crippen molar-refractivity contribution in [2.75, 3.05) is 0 Å². The zero-order valence-electron chi connectivity index (χ0n) is 15.6. The van der Waals surface area contributed by atoms with Gasteiger partial charge >= 0.3 is 5.97 Å². The van der Waals surface area contributed by atoms with Gasteiger partial charge in [-0.3, -0.25) is 4.89 Å². The van der Waals surface area contributed by atoms with E-state index in [9.17, 15) is 4.79 Å². The summed E-state index contributed by atoms with van der Waals surface area (Å²) in [7, 11) is 0. The molecule has 0 aliphatic heterocycles. The molecule has 3 atom stereocenters. The molecule has 1 saturated carbocycles. The number of hydrogen-bond donors (Lipinski definition) is 0. The second-order valence-corrected chi connectivity index (χ2v) is 7.63. The first-order valence-electron chi connectivity index (χ1n) is 9.47. The highest BCUT2D eigenvalue weighted by atomic mass is 17.2. The summed E-state index contributed by atoms with van der Waals surface area (Å²) in [5.41, 5.74) is 1.82. The summed E-state index contributed by atoms with van der Waals surface area (Å²) in [6.07, 6.45) is 6.76. The summed E-state index contributed by atoms with van der Waals surface area (Å²) in [4.78, 5) is 23.0. The van der Waals surface area contributed by atoms with Gasteiger partial charge in [-0.2, -0.15) is 4.89 Å². The molecule has 24 heavy (non-hydrogen) atoms. The molecule has 1 fully saturated rings. The Morgan fingerprint density at radius 2 is 1.92 bits per heavy atom. The number of unbranched alkanes of at least 4 members (excludes halogenated alkanes) is 1. The molecule has 0 amide bonds. The van der Waals surface area contributed by atoms with Gasteiger partial charge in [-0.25, -0.2) is 4.79 Å². The Balaban J connectivity index is 1.89. The van der Waals surface area contributed by atoms with Crippen LogP contribution in [0.2, 0.25) is 0 Å². The molecule has 3 unspecified atom stereocenters. The molecule has 134 valence electrons. The van der Waals surface area contributed by atoms with Gasteiger partial charge in [0.15, 0.2) is 0 Å². The van der Waals surface area contributed by atoms with Crippen LogP contribution in [0.3, 0.4) is 0 Å². The van der Waals surface area contributed by atoms with Gasteiger partial charge < -0.3 is 0 Å². The molecular formula is C21H32O3. The quantitative estimate of drug-likeness (QED) is 0.483. The van der Waals surface area contributed by atoms with E-state index in [4.69, 9.17) is 9.78 Å². The maximum atomic E-state index is 12.2. The Hall–Kier alpha value is -1.35. The molecule has 0 spiro atoms. The van der Waals surface area contributed by atoms with Gasteiger partial charge in [0.05, 0.1) is 5.56 Å². The van der Waals surface area contributed by atoms with Gasteiger partial charge in [0.25, 0.3) is 0 Å². The fourth-order valence-corrected chi connectivity index (χ4v) is 3.57. The highest BCUT2D eigenvalue weighted by Crippen LogP contribution is 2.35. The van der Waals surface area contributed by atoms with Gasteiger partial charge in [-0.15, -0.1) is 0 Å². The molecule has 1 aliphatic rings. The van der Waals surface area contributed by atoms with Crippen LogP contribution in [0.25, 0.3) is 0 Å². The monoisotopic (exact) mass is 332 g/mol. The Labute approximate surface area is 146 Å². The van der Waals surface area contributed by atoms with Gasteiger partial charge in [0, 0.05) is 0 Å². The summed E-state index contributed by atoms with van der Waals surface area (Å²) in [5, 5.41) is 0. The zero-order chi connectivity index (χ0) is 17.5. The van der Waals surface area contributed by atoms with Crippen molar-refractivity contribution in [2.45, 2.75) is 72.3 Å². The minimum atomic E-state index is -0.391. The van der Waals surface area contributed by atoms with E-state index in [1.54, 1.807) is 0 Å². The van der Waals surface area contributed by atoms with Crippen molar-refractivity contribution >= 4 is 5.97 Å². The van der Waals surface area contributed by atoms with E-state index in [-0.39, 0.29) is 6.10 Å². The third-order valence-electron chi connectivity index (χ3n) is 5.22. The van der Waals surface area contributed by atoms with Crippen LogP contribution >= 0.6 is 0 Å². The van der Waals surface area contributed by atoms with Crippen molar-refractivity contribution in [1.82, 2.24) is 0 Å². The number of carbonyl (C=O) groups excluding carboxylic acids is 1. The van der Waals surface area contributed by atoms with Crippen LogP contribution in [0.1, 0.15) is 75.7 Å². The smallest absolute Gasteiger partial charge is 0.293 e. The topological polar surface area (TPSA) is 35.5 Å². The summed E-state index contributed by atoms with van der Waals surface area (Å²) in [5.74, 6) is 1.24. The maximum Gasteiger partial charge on any atom is 0.373 e. The molecule has 0 saturated heterocycles. The van der Waals surface area contributed by atoms with E-state index in [0.29, 0.717) is 23.3 Å². The summed E-state index contributed by atoms with van der Waals surface area (Å²) in [6.45, 7) is 8.85. The highest BCUT2D eigenvalue weighted by molar-refractivity contribution is 5.88. The Morgan fingerprint density at radius 1 is 1.21 bits per heavy atom. The van der Waals surface area contributed by atoms with Gasteiger partial charge in [0.2, 0.25) is 0 Å². The molecule has 0 N–H and O–H groups in total. The van der Waals surface area contributed by atoms with Crippen LogP contribution < -0.4 is 0 Å². The second-order valence-electron chi connectivity index (χ2n) is 7.63. The molecular weight excluding hydrogens is 300 g/mol. The van der Waals surface area contributed by atoms with Crippen LogP contribution in [-0.2, 0) is 16.2 Å². The molecule has 0 radical (unpaired) electrons. The lowest BCUT2D eigenvalue weighted by atomic mass is 9.75. The summed E-state index contributed by atoms with van der Waals surface area (Å²) in [6, 6.07) is 7.68. The van der Waals surface area contributed by atoms with E-state index < -0.39 is 5.97 Å². The van der Waals surface area contributed by atoms with Crippen molar-refractivity contribution < 1.29 is 14.6 Å². The van der Waals surface area contributed by atoms with E-state index in [1.807, 2.05) is 24.3 Å². The van der Waals surface area contributed by atoms with Crippen molar-refractivity contribution in [3.8, 4) is 0 Å². The standard InChI is InChI=1S/C21H32O3/c1-5-6-7-17-9-11-18(12-10-17)21(22)24-23-20-14-16(4)8-13-19(20)15(2)3/h9-12,15-16,19-20H,5-8,13-14H2,1-4H3. The molecule has 1 aromatic rings. The molecule has 0 aromatic heterocycles. The predicted molar refractivity (Wildman–Crippen MR) is 96.7 cm³/mol. The Kier molecular flexibility index (Phi) is 7.29. The lowest BCUT2D eigenvalue weighted by Gasteiger charge is -2.35. The molecule has 2 rings (SSSR count). The average Bonchev–Trinajstić information content (AvgIpc) is 2.58. The fraction of sp³-hybridized carbons (Fsp3) is 0.667. The first kappa shape index (κ1) is 19.0. The first-order chi connectivity index (χ1) is 11.5. The fourth-order valence-electron chi connectivity index (χ4n) is 3.57. The first-order valence-corrected chi connectivity index (χ1v) is 9.47. The normalized spacial score (nSPS) is 24.1. The van der Waals surface area contributed by atoms with Crippen molar-refractivity contribution in [3.63, 3.8) is 0 Å². The molecule has 3 heteroatoms. The highest BCUT2D eigenvalue weighted by Gasteiger charge is 2.33. The van der Waals surface area contributed by atoms with E-state index in [2.05, 4.69) is 27.7 Å². The molecule has 1 aliphatic carbocycles. The number of carbonyl (C=O) groups is 1. The summed E-state index contributed by atoms with van der Waals surface area (Å²) >= 11 is 0. The number of hydrogen-bond acceptors (Lipinski definition) is 3. The van der Waals surface area contributed by atoms with Crippen LogP contribution in [-0.4, -0.2) is 12.1 Å². The van der Waals surface area contributed by atoms with E-state index in [1.165, 1.54) is 24.8 Å². The lowest BCUT2D eigenvalue weighted by molar-refractivity contribution is -0.296. The van der Waals surface area contributed by atoms with Crippen molar-refractivity contribution in [2.24, 2.45) is 17.8 Å². The van der Waals surface area contributed by atoms with Crippen molar-refractivity contribution in [1.29, 1.82) is 0 Å². The predicted octanol–water partition coefficient (Wildman–Crippen LogP) is 5.58. The van der Waals surface area contributed by atoms with Crippen LogP contribution in [0.5, 0.6) is 0 Å². The van der Waals surface area contributed by atoms with Crippen LogP contribution in [0.15, 0.2) is 24.3 Å². The zero-order valence-corrected chi connectivity index (χ0v) is 15.6. The van der Waals surface area contributed by atoms with Gasteiger partial charge in [0.1, 0.15) is 6.10 Å². The second kappa shape index (κ2) is 9.22. The average molecular weight is 332 g/mol. The number of rotatable bonds is 7. The van der Waals surface area contributed by atoms with Crippen LogP contribution in [0, 0.1) is 17.8 Å². The van der Waals surface area contributed by atoms with Crippen LogP contribution in [0.4, 0.5) is 0 Å². The maximum absolute atomic E-state index is 12.2. The van der Waals surface area contributed by atoms with Crippen molar-refractivity contribution in [3.05, 3.63) is 35.4 Å². The van der Waals surface area contributed by atoms with Gasteiger partial charge in [-0.05, 0) is 61.1 Å². The largest absolute Gasteiger partial charge is 0.373 e. The van der Waals surface area contributed by atoms with Gasteiger partial charge in [-0.1, -0.05) is 52.7 Å². The Morgan fingerprint density at radius 3 is 2.54 bits per heavy atom. The minimum absolute atomic E-state index is 0.0153. The number of benzene rings is 1. The summed E-state index contributed by atoms with van der Waals surface area (Å²) < 4.78 is 0. The lowest BCUT2D eigenvalue weighted by Crippen LogP contribution is -2.34. The molecule has 0 heterocycles. The molecule has 0 bridgehead atoms. The third-order valence-corrected chi connectivity index (χ3v) is 5.22. The Bertz CT molecular complexity index is 506. The van der Waals surface area contributed by atoms with E-state index in [0.717, 1.165) is 19.3 Å². The minimum Gasteiger partial charge on any atom is -0.293 e. The SMILES string of the molecule is CCCCc1ccc(C(=O)OOC2CC(C)CCC2C(C)C)cc1.